The van der Waals surface area contributed by atoms with Crippen molar-refractivity contribution in [2.24, 2.45) is 11.7 Å². The predicted molar refractivity (Wildman–Crippen MR) is 54.1 cm³/mol. The van der Waals surface area contributed by atoms with E-state index in [0.717, 1.165) is 0 Å². The van der Waals surface area contributed by atoms with Crippen molar-refractivity contribution in [2.45, 2.75) is 6.92 Å². The van der Waals surface area contributed by atoms with Gasteiger partial charge in [0.1, 0.15) is 6.73 Å². The van der Waals surface area contributed by atoms with Crippen LogP contribution >= 0.6 is 0 Å². The van der Waals surface area contributed by atoms with Crippen LogP contribution in [0.3, 0.4) is 0 Å². The maximum absolute atomic E-state index is 11.4. The van der Waals surface area contributed by atoms with Crippen molar-refractivity contribution in [3.8, 4) is 0 Å². The van der Waals surface area contributed by atoms with Crippen LogP contribution in [0, 0.1) is 5.92 Å². The molecule has 0 spiro atoms. The van der Waals surface area contributed by atoms with Gasteiger partial charge in [0.05, 0.1) is 13.2 Å². The zero-order valence-corrected chi connectivity index (χ0v) is 8.86. The maximum Gasteiger partial charge on any atom is 0.319 e. The van der Waals surface area contributed by atoms with Crippen LogP contribution in [0.15, 0.2) is 0 Å². The van der Waals surface area contributed by atoms with E-state index in [0.29, 0.717) is 26.4 Å². The minimum Gasteiger partial charge on any atom is -0.359 e. The number of nitrogens with two attached hydrogens (primary N) is 1. The number of nitrogens with zero attached hydrogens (tertiary/aromatic N) is 1. The van der Waals surface area contributed by atoms with E-state index >= 15 is 0 Å². The van der Waals surface area contributed by atoms with Crippen LogP contribution in [0.4, 0.5) is 4.79 Å². The second-order valence-electron chi connectivity index (χ2n) is 3.56. The second-order valence-corrected chi connectivity index (χ2v) is 3.56. The molecule has 6 nitrogen and oxygen atoms in total. The molecule has 1 fully saturated rings. The summed E-state index contributed by atoms with van der Waals surface area (Å²) < 4.78 is 5.01. The molecule has 1 aliphatic heterocycles. The molecule has 0 aromatic heterocycles. The number of carbonyl (C=O) groups is 2. The van der Waals surface area contributed by atoms with Gasteiger partial charge in [-0.05, 0) is 0 Å². The number of hydrogen-bond acceptors (Lipinski definition) is 4. The van der Waals surface area contributed by atoms with Crippen LogP contribution in [0.2, 0.25) is 0 Å². The Hall–Kier alpha value is -1.14. The normalized spacial score (nSPS) is 17.6. The van der Waals surface area contributed by atoms with Gasteiger partial charge in [-0.3, -0.25) is 9.69 Å². The first-order valence-corrected chi connectivity index (χ1v) is 4.98. The predicted octanol–water partition coefficient (Wildman–Crippen LogP) is -0.850. The summed E-state index contributed by atoms with van der Waals surface area (Å²) in [5.74, 6) is -0.258. The number of nitrogens with one attached hydrogen (secondary N) is 1. The Balaban J connectivity index is 2.24. The highest BCUT2D eigenvalue weighted by Gasteiger charge is 2.19. The Morgan fingerprint density at radius 2 is 2.33 bits per heavy atom. The summed E-state index contributed by atoms with van der Waals surface area (Å²) in [5, 5.41) is 2.54. The van der Waals surface area contributed by atoms with Crippen molar-refractivity contribution >= 4 is 11.8 Å². The highest BCUT2D eigenvalue weighted by molar-refractivity contribution is 5.87. The minimum absolute atomic E-state index is 0.0354. The van der Waals surface area contributed by atoms with Crippen LogP contribution in [-0.4, -0.2) is 49.7 Å². The Labute approximate surface area is 88.7 Å². The number of Topliss-reactive ketones (excluding diaryl/α,β-unsaturated/α-hetero) is 1. The second kappa shape index (κ2) is 5.67. The lowest BCUT2D eigenvalue weighted by molar-refractivity contribution is -0.121. The Morgan fingerprint density at radius 1 is 1.60 bits per heavy atom. The number of urea groups is 1. The minimum atomic E-state index is -0.259. The molecule has 1 unspecified atom stereocenters. The number of amides is 2. The van der Waals surface area contributed by atoms with Crippen molar-refractivity contribution in [1.29, 1.82) is 0 Å². The average molecular weight is 215 g/mol. The Kier molecular flexibility index (Phi) is 4.51. The van der Waals surface area contributed by atoms with Crippen LogP contribution in [0.5, 0.6) is 0 Å². The lowest BCUT2D eigenvalue weighted by Gasteiger charge is -2.15. The highest BCUT2D eigenvalue weighted by atomic mass is 16.5. The van der Waals surface area contributed by atoms with Crippen LogP contribution in [0.25, 0.3) is 0 Å². The molecule has 6 heteroatoms. The fraction of sp³-hybridized carbons (Fsp3) is 0.778. The Morgan fingerprint density at radius 3 is 2.87 bits per heavy atom. The van der Waals surface area contributed by atoms with Crippen molar-refractivity contribution in [3.63, 3.8) is 0 Å². The molecule has 0 aromatic carbocycles. The van der Waals surface area contributed by atoms with Crippen LogP contribution in [0.1, 0.15) is 6.92 Å². The smallest absolute Gasteiger partial charge is 0.319 e. The van der Waals surface area contributed by atoms with E-state index in [-0.39, 0.29) is 24.3 Å². The molecule has 1 saturated heterocycles. The van der Waals surface area contributed by atoms with Gasteiger partial charge in [-0.2, -0.15) is 0 Å². The molecule has 0 saturated carbocycles. The van der Waals surface area contributed by atoms with E-state index in [1.165, 1.54) is 4.90 Å². The number of hydrogen-bond donors (Lipinski definition) is 2. The third-order valence-electron chi connectivity index (χ3n) is 2.36. The molecule has 0 aliphatic carbocycles. The van der Waals surface area contributed by atoms with Gasteiger partial charge in [0, 0.05) is 19.0 Å². The molecule has 15 heavy (non-hydrogen) atoms. The largest absolute Gasteiger partial charge is 0.359 e. The van der Waals surface area contributed by atoms with E-state index in [1.807, 2.05) is 0 Å². The number of ether oxygens (including phenoxy) is 1. The van der Waals surface area contributed by atoms with Gasteiger partial charge in [-0.1, -0.05) is 6.92 Å². The molecule has 1 rings (SSSR count). The van der Waals surface area contributed by atoms with Crippen LogP contribution < -0.4 is 11.1 Å². The summed E-state index contributed by atoms with van der Waals surface area (Å²) in [6.45, 7) is 3.52. The lowest BCUT2D eigenvalue weighted by atomic mass is 10.1. The summed E-state index contributed by atoms with van der Waals surface area (Å²) in [5.41, 5.74) is 5.34. The quantitative estimate of drug-likeness (QED) is 0.639. The molecule has 0 aromatic rings. The summed E-state index contributed by atoms with van der Waals surface area (Å²) in [6.07, 6.45) is 0. The first-order chi connectivity index (χ1) is 7.15. The molecular weight excluding hydrogens is 198 g/mol. The van der Waals surface area contributed by atoms with Gasteiger partial charge < -0.3 is 15.8 Å². The van der Waals surface area contributed by atoms with Crippen LogP contribution in [-0.2, 0) is 9.53 Å². The van der Waals surface area contributed by atoms with Crippen molar-refractivity contribution < 1.29 is 14.3 Å². The first-order valence-electron chi connectivity index (χ1n) is 4.98. The fourth-order valence-electron chi connectivity index (χ4n) is 1.15. The van der Waals surface area contributed by atoms with Gasteiger partial charge in [-0.25, -0.2) is 4.79 Å². The summed E-state index contributed by atoms with van der Waals surface area (Å²) >= 11 is 0. The van der Waals surface area contributed by atoms with Gasteiger partial charge in [0.25, 0.3) is 0 Å². The topological polar surface area (TPSA) is 84.7 Å². The molecule has 1 aliphatic rings. The molecule has 3 N–H and O–H groups in total. The standard InChI is InChI=1S/C9H17N3O3/c1-7(4-10)8(13)5-11-9(14)12-2-3-15-6-12/h7H,2-6,10H2,1H3,(H,11,14). The van der Waals surface area contributed by atoms with E-state index in [1.54, 1.807) is 6.92 Å². The molecule has 86 valence electrons. The molecular formula is C9H17N3O3. The zero-order valence-electron chi connectivity index (χ0n) is 8.86. The molecule has 1 heterocycles. The fourth-order valence-corrected chi connectivity index (χ4v) is 1.15. The van der Waals surface area contributed by atoms with Crippen molar-refractivity contribution in [3.05, 3.63) is 0 Å². The van der Waals surface area contributed by atoms with Gasteiger partial charge >= 0.3 is 6.03 Å². The van der Waals surface area contributed by atoms with E-state index in [9.17, 15) is 9.59 Å². The lowest BCUT2D eigenvalue weighted by Crippen LogP contribution is -2.42. The molecule has 0 radical (unpaired) electrons. The molecule has 0 bridgehead atoms. The number of ketones is 1. The number of carbonyl (C=O) groups excluding carboxylic acids is 2. The summed E-state index contributed by atoms with van der Waals surface area (Å²) in [6, 6.07) is -0.259. The molecule has 2 amide bonds. The maximum atomic E-state index is 11.4. The Bertz CT molecular complexity index is 239. The number of rotatable bonds is 4. The van der Waals surface area contributed by atoms with Crippen molar-refractivity contribution in [1.82, 2.24) is 10.2 Å². The van der Waals surface area contributed by atoms with Gasteiger partial charge in [0.15, 0.2) is 5.78 Å². The third-order valence-corrected chi connectivity index (χ3v) is 2.36. The SMILES string of the molecule is CC(CN)C(=O)CNC(=O)N1CCOC1. The zero-order chi connectivity index (χ0) is 11.3. The molecule has 1 atom stereocenters. The van der Waals surface area contributed by atoms with E-state index in [2.05, 4.69) is 5.32 Å². The van der Waals surface area contributed by atoms with Crippen molar-refractivity contribution in [2.75, 3.05) is 33.0 Å². The average Bonchev–Trinajstić information content (AvgIpc) is 2.77. The van der Waals surface area contributed by atoms with E-state index in [4.69, 9.17) is 10.5 Å². The third kappa shape index (κ3) is 3.49. The summed E-state index contributed by atoms with van der Waals surface area (Å²) in [7, 11) is 0. The first kappa shape index (κ1) is 11.9. The van der Waals surface area contributed by atoms with E-state index < -0.39 is 0 Å². The summed E-state index contributed by atoms with van der Waals surface area (Å²) in [4.78, 5) is 24.3. The highest BCUT2D eigenvalue weighted by Crippen LogP contribution is 1.99. The van der Waals surface area contributed by atoms with Gasteiger partial charge in [-0.15, -0.1) is 0 Å². The van der Waals surface area contributed by atoms with Gasteiger partial charge in [0.2, 0.25) is 0 Å². The monoisotopic (exact) mass is 215 g/mol.